The average Bonchev–Trinajstić information content (AvgIpc) is 1.61. The molecule has 8 aliphatic rings. The van der Waals surface area contributed by atoms with E-state index in [1.54, 1.807) is 60.7 Å². The van der Waals surface area contributed by atoms with Gasteiger partial charge in [-0.25, -0.2) is 77.6 Å². The van der Waals surface area contributed by atoms with Crippen LogP contribution in [0.3, 0.4) is 0 Å². The highest BCUT2D eigenvalue weighted by atomic mass is 32.2. The molecule has 0 radical (unpaired) electrons. The van der Waals surface area contributed by atoms with Gasteiger partial charge >= 0.3 is 0 Å². The number of nitrogens with two attached hydrogens (primary N) is 1. The number of sulfonamides is 1. The molecule has 0 aromatic heterocycles. The van der Waals surface area contributed by atoms with E-state index in [-0.39, 0.29) is 22.8 Å². The third kappa shape index (κ3) is 25.2. The maximum absolute atomic E-state index is 12.9. The summed E-state index contributed by atoms with van der Waals surface area (Å²) in [5.41, 5.74) is 39.9. The molecule has 8 aromatic carbocycles. The minimum Gasteiger partial charge on any atom is -0.391 e. The van der Waals surface area contributed by atoms with Gasteiger partial charge in [-0.1, -0.05) is 98.3 Å². The Morgan fingerprint density at radius 3 is 1.44 bits per heavy atom. The van der Waals surface area contributed by atoms with Crippen molar-refractivity contribution >= 4 is 61.8 Å². The number of ether oxygens (including phenoxy) is 1. The Morgan fingerprint density at radius 2 is 0.851 bits per heavy atom. The fourth-order valence-corrected chi connectivity index (χ4v) is 16.5. The highest BCUT2D eigenvalue weighted by Crippen LogP contribution is 2.46. The third-order valence-corrected chi connectivity index (χ3v) is 22.9. The second-order valence-electron chi connectivity index (χ2n) is 29.1. The van der Waals surface area contributed by atoms with Crippen LogP contribution in [0.1, 0.15) is 233 Å². The van der Waals surface area contributed by atoms with Crippen molar-refractivity contribution in [1.82, 2.24) is 4.72 Å². The number of aryl methyl sites for hydroxylation is 8. The number of epoxide rings is 1. The summed E-state index contributed by atoms with van der Waals surface area (Å²) in [5, 5.41) is 80.3. The maximum Gasteiger partial charge on any atom is 0.241 e. The summed E-state index contributed by atoms with van der Waals surface area (Å²) in [6, 6.07) is 47.2. The Labute approximate surface area is 663 Å². The van der Waals surface area contributed by atoms with Crippen molar-refractivity contribution in [3.8, 4) is 0 Å². The van der Waals surface area contributed by atoms with Crippen molar-refractivity contribution in [3.63, 3.8) is 0 Å². The van der Waals surface area contributed by atoms with E-state index in [9.17, 15) is 33.3 Å². The molecule has 114 heavy (non-hydrogen) atoms. The zero-order valence-corrected chi connectivity index (χ0v) is 64.7. The number of aliphatic hydroxyl groups is 3. The lowest BCUT2D eigenvalue weighted by Crippen LogP contribution is -2.36. The molecule has 1 saturated heterocycles. The number of benzene rings is 8. The van der Waals surface area contributed by atoms with E-state index in [0.29, 0.717) is 53.0 Å². The molecule has 18 N–H and O–H groups in total. The van der Waals surface area contributed by atoms with Crippen LogP contribution < -0.4 is 43.3 Å². The molecule has 0 amide bonds. The Balaban J connectivity index is 0.000000143. The number of fused-ring (bicyclic) bond motifs is 9. The number of nitrogens with one attached hydrogen (secondary N) is 7. The molecule has 0 saturated carbocycles. The minimum atomic E-state index is -3.81. The van der Waals surface area contributed by atoms with Crippen LogP contribution in [0.4, 0.5) is 34.1 Å². The van der Waals surface area contributed by atoms with E-state index in [0.717, 1.165) is 191 Å². The molecule has 28 nitrogen and oxygen atoms in total. The van der Waals surface area contributed by atoms with Crippen LogP contribution in [0.5, 0.6) is 0 Å². The van der Waals surface area contributed by atoms with E-state index in [4.69, 9.17) is 42.0 Å². The number of hydrogen-bond donors (Lipinski definition) is 17. The van der Waals surface area contributed by atoms with Crippen molar-refractivity contribution in [3.05, 3.63) is 247 Å². The van der Waals surface area contributed by atoms with Crippen LogP contribution in [0.2, 0.25) is 0 Å². The van der Waals surface area contributed by atoms with Gasteiger partial charge in [0.1, 0.15) is 6.10 Å². The second kappa shape index (κ2) is 44.7. The SMILES string of the molecule is CCc1ccc(S(=O)(=O)N[C@@H]2c3cc(NOO)ccc3CCC[C@H]2O)cc1.N[C@@H]1c2cc(NOO)ccc2CCC[C@H]1O.O=C1CCCCc2ccc(NOO)cc21.O=C1CCCCc2ccccc21.OONc1ccc2c(c1)C(O)CCCC2.OONc1ccc2c(c1)C=CCCC2.OONc1ccc2c(c1)[C@H]1O[C@H]1CCC2. The molecule has 1 heterocycles. The van der Waals surface area contributed by atoms with Crippen LogP contribution in [-0.2, 0) is 96.1 Å². The number of aliphatic hydroxyl groups excluding tert-OH is 3. The molecule has 1 unspecified atom stereocenters. The van der Waals surface area contributed by atoms with E-state index in [1.807, 2.05) is 85.8 Å². The summed E-state index contributed by atoms with van der Waals surface area (Å²) >= 11 is 0. The number of anilines is 6. The fourth-order valence-electron chi connectivity index (χ4n) is 15.3. The van der Waals surface area contributed by atoms with E-state index >= 15 is 0 Å². The summed E-state index contributed by atoms with van der Waals surface area (Å²) in [7, 11) is -3.81. The van der Waals surface area contributed by atoms with Gasteiger partial charge in [-0.3, -0.25) is 9.59 Å². The van der Waals surface area contributed by atoms with Crippen LogP contribution in [0, 0.1) is 0 Å². The predicted octanol–water partition coefficient (Wildman–Crippen LogP) is 16.4. The van der Waals surface area contributed by atoms with E-state index in [2.05, 4.69) is 97.9 Å². The van der Waals surface area contributed by atoms with Gasteiger partial charge in [0.25, 0.3) is 0 Å². The number of allylic oxidation sites excluding steroid dienone is 1. The first-order valence-electron chi connectivity index (χ1n) is 39.0. The summed E-state index contributed by atoms with van der Waals surface area (Å²) in [6.45, 7) is 2.00. The highest BCUT2D eigenvalue weighted by Gasteiger charge is 2.42. The highest BCUT2D eigenvalue weighted by molar-refractivity contribution is 7.89. The molecule has 8 aromatic rings. The normalized spacial score (nSPS) is 20.1. The lowest BCUT2D eigenvalue weighted by atomic mass is 9.98. The predicted molar refractivity (Wildman–Crippen MR) is 432 cm³/mol. The zero-order valence-electron chi connectivity index (χ0n) is 63.9. The average molecular weight is 1590 g/mol. The van der Waals surface area contributed by atoms with Crippen molar-refractivity contribution < 1.29 is 99.5 Å². The van der Waals surface area contributed by atoms with Crippen molar-refractivity contribution in [1.29, 1.82) is 0 Å². The van der Waals surface area contributed by atoms with Gasteiger partial charge in [-0.2, -0.15) is 0 Å². The third-order valence-electron chi connectivity index (χ3n) is 21.4. The Hall–Kier alpha value is -9.13. The zero-order chi connectivity index (χ0) is 80.8. The van der Waals surface area contributed by atoms with E-state index in [1.165, 1.54) is 46.2 Å². The molecule has 0 bridgehead atoms. The standard InChI is InChI=1S/C19H24N2O5S.C11H16N2O3.C11H13NO3.C11H15NO3.C11H13NO3.C11H13NO2.C11H12O/c1-2-13-6-10-16(11-7-13)27(24,25)21-19-17-12-15(20-26-23)9-8-14(17)4-3-5-18(19)22;12-11-9-6-8(13-16-15)5-4-7(9)2-1-3-10(11)14;13-15-12-8-5-4-7-2-1-3-10-11(14-10)9(7)6-8;2*13-11-4-2-1-3-8-5-6-9(12-15-14)7-10(8)11;13-14-12-11-7-6-9-4-2-1-3-5-10(9)8-11;12-11-8-4-2-6-9-5-1-3-7-10(9)11/h6-12,18-23H,2-5H2,1H3;4-6,10-11,13-15H,1-3,12H2;4-6,10-13H,1-3H2;5-7,11-14H,1-4H2;5-7,12,14H,1-4H2;3,5-8,12-13H,1-2,4H2;1,3,5,7H,2,4,6,8H2/t18-,19-;10-,11-;10-,11+;;;;/m110..../s1. The molecule has 1 fully saturated rings. The van der Waals surface area contributed by atoms with Crippen molar-refractivity contribution in [2.75, 3.05) is 32.9 Å². The molecule has 29 heteroatoms. The van der Waals surface area contributed by atoms with Crippen LogP contribution in [0.15, 0.2) is 169 Å². The van der Waals surface area contributed by atoms with Crippen LogP contribution >= 0.6 is 0 Å². The lowest BCUT2D eigenvalue weighted by Gasteiger charge is -2.24. The van der Waals surface area contributed by atoms with Gasteiger partial charge in [-0.15, -0.1) is 29.9 Å². The number of rotatable bonds is 16. The van der Waals surface area contributed by atoms with Crippen molar-refractivity contribution in [2.24, 2.45) is 5.73 Å². The number of carbonyl (C=O) groups excluding carboxylic acids is 2. The van der Waals surface area contributed by atoms with Crippen LogP contribution in [-0.4, -0.2) is 85.2 Å². The molecular weight excluding hydrogens is 1490 g/mol. The van der Waals surface area contributed by atoms with Gasteiger partial charge in [0.2, 0.25) is 10.0 Å². The number of ketones is 2. The Kier molecular flexibility index (Phi) is 34.2. The Bertz CT molecular complexity index is 4500. The molecule has 16 rings (SSSR count). The Morgan fingerprint density at radius 1 is 0.421 bits per heavy atom. The van der Waals surface area contributed by atoms with Gasteiger partial charge in [0.15, 0.2) is 11.6 Å². The van der Waals surface area contributed by atoms with Gasteiger partial charge in [0, 0.05) is 24.0 Å². The summed E-state index contributed by atoms with van der Waals surface area (Å²) in [5.74, 6) is 0.493. The monoisotopic (exact) mass is 1590 g/mol. The fraction of sp³-hybridized carbons (Fsp3) is 0.388. The summed E-state index contributed by atoms with van der Waals surface area (Å²) in [4.78, 5) is 46.7. The first-order valence-corrected chi connectivity index (χ1v) is 40.5. The topological polar surface area (TPSA) is 428 Å². The summed E-state index contributed by atoms with van der Waals surface area (Å²) in [6.07, 6.45) is 27.0. The quantitative estimate of drug-likeness (QED) is 0.0185. The molecule has 612 valence electrons. The van der Waals surface area contributed by atoms with Crippen molar-refractivity contribution in [2.45, 2.75) is 215 Å². The second-order valence-corrected chi connectivity index (χ2v) is 30.8. The molecule has 7 aliphatic carbocycles. The van der Waals surface area contributed by atoms with Gasteiger partial charge in [-0.05, 0) is 299 Å². The molecule has 7 atom stereocenters. The first-order chi connectivity index (χ1) is 55.4. The molecular formula is C85H106N8O20S. The number of Topliss-reactive ketones (excluding diaryl/α,β-unsaturated/α-hetero) is 2. The first kappa shape index (κ1) is 87.3. The smallest absolute Gasteiger partial charge is 0.241 e. The largest absolute Gasteiger partial charge is 0.391 e. The maximum atomic E-state index is 12.9. The molecule has 0 spiro atoms. The number of carbonyl (C=O) groups is 2. The minimum absolute atomic E-state index is 0.158. The van der Waals surface area contributed by atoms with Gasteiger partial charge < -0.3 is 25.8 Å². The van der Waals surface area contributed by atoms with E-state index < -0.39 is 34.4 Å². The number of hydrogen-bond acceptors (Lipinski definition) is 27. The lowest BCUT2D eigenvalue weighted by molar-refractivity contribution is -0.215. The summed E-state index contributed by atoms with van der Waals surface area (Å²) < 4.78 is 34.0. The van der Waals surface area contributed by atoms with Gasteiger partial charge in [0.05, 0.1) is 75.5 Å². The van der Waals surface area contributed by atoms with Crippen LogP contribution in [0.25, 0.3) is 6.08 Å². The molecule has 1 aliphatic heterocycles.